The van der Waals surface area contributed by atoms with E-state index in [0.717, 1.165) is 116 Å². The molecule has 0 saturated carbocycles. The van der Waals surface area contributed by atoms with E-state index in [4.69, 9.17) is 38.1 Å². The maximum Gasteiger partial charge on any atom is 0.315 e. The molecular weight excluding hydrogens is 780 g/mol. The highest BCUT2D eigenvalue weighted by Crippen LogP contribution is 2.19. The van der Waals surface area contributed by atoms with Crippen LogP contribution in [0.4, 0.5) is 4.79 Å². The molecule has 2 heterocycles. The monoisotopic (exact) mass is 859 g/mol. The SMILES string of the molecule is CCNC(=O)NC(C)(COCCC(=O)N(CCCCCCCCC(=O)OC)OC1CCCCO1)COCCC(=O)N(CCCCCCCCC(=O)OC)OC1CCCCO1. The van der Waals surface area contributed by atoms with Crippen molar-refractivity contribution in [3.8, 4) is 0 Å². The molecule has 2 aliphatic heterocycles. The third-order valence-electron chi connectivity index (χ3n) is 10.3. The van der Waals surface area contributed by atoms with Crippen LogP contribution in [-0.2, 0) is 57.3 Å². The second-order valence-corrected chi connectivity index (χ2v) is 15.8. The van der Waals surface area contributed by atoms with Crippen LogP contribution in [-0.4, -0.2) is 132 Å². The molecule has 0 radical (unpaired) electrons. The second-order valence-electron chi connectivity index (χ2n) is 15.8. The first kappa shape index (κ1) is 53.0. The van der Waals surface area contributed by atoms with E-state index >= 15 is 0 Å². The van der Waals surface area contributed by atoms with Crippen molar-refractivity contribution in [3.63, 3.8) is 0 Å². The number of rotatable bonds is 34. The zero-order valence-electron chi connectivity index (χ0n) is 37.3. The minimum atomic E-state index is -0.961. The lowest BCUT2D eigenvalue weighted by Crippen LogP contribution is -2.56. The lowest BCUT2D eigenvalue weighted by molar-refractivity contribution is -0.280. The van der Waals surface area contributed by atoms with E-state index < -0.39 is 18.1 Å². The Hall–Kier alpha value is -3.09. The van der Waals surface area contributed by atoms with Crippen LogP contribution in [0.25, 0.3) is 0 Å². The molecule has 0 aromatic carbocycles. The Bertz CT molecular complexity index is 1110. The second kappa shape index (κ2) is 33.5. The molecule has 348 valence electrons. The van der Waals surface area contributed by atoms with Gasteiger partial charge < -0.3 is 39.1 Å². The first-order valence-electron chi connectivity index (χ1n) is 22.6. The molecule has 2 atom stereocenters. The Morgan fingerprint density at radius 3 is 1.40 bits per heavy atom. The van der Waals surface area contributed by atoms with Gasteiger partial charge in [0.15, 0.2) is 12.6 Å². The summed E-state index contributed by atoms with van der Waals surface area (Å²) in [5.74, 6) is -0.793. The van der Waals surface area contributed by atoms with Crippen molar-refractivity contribution < 1.29 is 62.1 Å². The molecule has 2 saturated heterocycles. The lowest BCUT2D eigenvalue weighted by atomic mass is 10.1. The molecule has 0 spiro atoms. The number of hydroxylamine groups is 4. The van der Waals surface area contributed by atoms with Gasteiger partial charge in [-0.25, -0.2) is 24.6 Å². The standard InChI is InChI=1S/C43H78N4O13/c1-5-44-42(52)45-43(2,34-55-32-26-36(48)46(59-40-24-16-20-30-57-40)28-18-12-8-6-10-14-22-38(50)53-3)35-56-33-27-37(49)47(60-41-25-17-21-31-58-41)29-19-13-9-7-11-15-23-39(51)54-4/h40-41H,5-35H2,1-4H3,(H2,44,45,52). The Balaban J connectivity index is 1.85. The van der Waals surface area contributed by atoms with Gasteiger partial charge in [0.2, 0.25) is 11.8 Å². The van der Waals surface area contributed by atoms with Crippen molar-refractivity contribution in [3.05, 3.63) is 0 Å². The van der Waals surface area contributed by atoms with Gasteiger partial charge in [0.1, 0.15) is 0 Å². The number of carbonyl (C=O) groups is 5. The maximum atomic E-state index is 13.4. The number of hydrogen-bond donors (Lipinski definition) is 2. The van der Waals surface area contributed by atoms with E-state index in [-0.39, 0.29) is 69.1 Å². The van der Waals surface area contributed by atoms with Gasteiger partial charge in [0, 0.05) is 58.5 Å². The minimum Gasteiger partial charge on any atom is -0.469 e. The summed E-state index contributed by atoms with van der Waals surface area (Å²) in [6.07, 6.45) is 16.3. The molecule has 2 fully saturated rings. The normalized spacial score (nSPS) is 17.6. The smallest absolute Gasteiger partial charge is 0.315 e. The first-order valence-corrected chi connectivity index (χ1v) is 22.6. The number of hydrogen-bond acceptors (Lipinski definition) is 13. The Morgan fingerprint density at radius 1 is 0.600 bits per heavy atom. The highest BCUT2D eigenvalue weighted by molar-refractivity contribution is 5.76. The largest absolute Gasteiger partial charge is 0.469 e. The summed E-state index contributed by atoms with van der Waals surface area (Å²) in [7, 11) is 2.80. The third kappa shape index (κ3) is 25.6. The third-order valence-corrected chi connectivity index (χ3v) is 10.3. The van der Waals surface area contributed by atoms with E-state index in [0.29, 0.717) is 45.7 Å². The number of nitrogens with zero attached hydrogens (tertiary/aromatic N) is 2. The maximum absolute atomic E-state index is 13.4. The number of urea groups is 1. The Labute approximate surface area is 358 Å². The molecule has 0 aromatic rings. The minimum absolute atomic E-state index is 0.0604. The highest BCUT2D eigenvalue weighted by Gasteiger charge is 2.29. The zero-order chi connectivity index (χ0) is 43.7. The molecule has 17 nitrogen and oxygen atoms in total. The molecule has 0 aliphatic carbocycles. The predicted molar refractivity (Wildman–Crippen MR) is 223 cm³/mol. The molecule has 17 heteroatoms. The Morgan fingerprint density at radius 2 is 1.02 bits per heavy atom. The van der Waals surface area contributed by atoms with Gasteiger partial charge in [0.05, 0.1) is 59.0 Å². The van der Waals surface area contributed by atoms with E-state index in [9.17, 15) is 24.0 Å². The summed E-state index contributed by atoms with van der Waals surface area (Å²) in [5.41, 5.74) is -0.961. The van der Waals surface area contributed by atoms with Gasteiger partial charge in [-0.2, -0.15) is 0 Å². The van der Waals surface area contributed by atoms with Gasteiger partial charge >= 0.3 is 18.0 Å². The number of nitrogens with one attached hydrogen (secondary N) is 2. The van der Waals surface area contributed by atoms with Crippen LogP contribution in [0.3, 0.4) is 0 Å². The van der Waals surface area contributed by atoms with E-state index in [2.05, 4.69) is 10.6 Å². The van der Waals surface area contributed by atoms with Crippen LogP contribution < -0.4 is 10.6 Å². The average Bonchev–Trinajstić information content (AvgIpc) is 3.25. The first-order chi connectivity index (χ1) is 29.1. The van der Waals surface area contributed by atoms with Crippen LogP contribution in [0.2, 0.25) is 0 Å². The van der Waals surface area contributed by atoms with Crippen molar-refractivity contribution in [2.45, 2.75) is 173 Å². The van der Waals surface area contributed by atoms with E-state index in [1.54, 1.807) is 6.92 Å². The molecule has 2 rings (SSSR count). The van der Waals surface area contributed by atoms with Gasteiger partial charge in [-0.3, -0.25) is 19.2 Å². The van der Waals surface area contributed by atoms with Crippen molar-refractivity contribution in [2.75, 3.05) is 73.5 Å². The van der Waals surface area contributed by atoms with Gasteiger partial charge in [-0.05, 0) is 65.2 Å². The summed E-state index contributed by atoms with van der Waals surface area (Å²) in [6, 6.07) is -0.384. The molecule has 2 N–H and O–H groups in total. The number of carbonyl (C=O) groups excluding carboxylic acids is 5. The van der Waals surface area contributed by atoms with Crippen molar-refractivity contribution in [1.82, 2.24) is 20.8 Å². The van der Waals surface area contributed by atoms with Gasteiger partial charge in [-0.1, -0.05) is 51.4 Å². The predicted octanol–water partition coefficient (Wildman–Crippen LogP) is 6.26. The summed E-state index contributed by atoms with van der Waals surface area (Å²) in [4.78, 5) is 74.1. The topological polar surface area (TPSA) is 190 Å². The fraction of sp³-hybridized carbons (Fsp3) is 0.884. The van der Waals surface area contributed by atoms with Crippen LogP contribution in [0, 0.1) is 0 Å². The van der Waals surface area contributed by atoms with Crippen LogP contribution >= 0.6 is 0 Å². The molecular formula is C43H78N4O13. The zero-order valence-corrected chi connectivity index (χ0v) is 37.3. The number of amides is 4. The van der Waals surface area contributed by atoms with Crippen LogP contribution in [0.5, 0.6) is 0 Å². The quantitative estimate of drug-likeness (QED) is 0.0420. The van der Waals surface area contributed by atoms with Crippen LogP contribution in [0.1, 0.15) is 155 Å². The summed E-state index contributed by atoms with van der Waals surface area (Å²) in [5, 5.41) is 8.48. The number of unbranched alkanes of at least 4 members (excludes halogenated alkanes) is 10. The molecule has 2 unspecified atom stereocenters. The van der Waals surface area contributed by atoms with E-state index in [1.165, 1.54) is 24.3 Å². The van der Waals surface area contributed by atoms with E-state index in [1.807, 2.05) is 6.92 Å². The van der Waals surface area contributed by atoms with Gasteiger partial charge in [-0.15, -0.1) is 0 Å². The number of esters is 2. The van der Waals surface area contributed by atoms with Crippen LogP contribution in [0.15, 0.2) is 0 Å². The fourth-order valence-corrected chi connectivity index (χ4v) is 6.77. The molecule has 4 amide bonds. The highest BCUT2D eigenvalue weighted by atomic mass is 16.8. The molecule has 0 aromatic heterocycles. The molecule has 60 heavy (non-hydrogen) atoms. The average molecular weight is 859 g/mol. The fourth-order valence-electron chi connectivity index (χ4n) is 6.77. The molecule has 2 aliphatic rings. The lowest BCUT2D eigenvalue weighted by Gasteiger charge is -2.31. The number of methoxy groups -OCH3 is 2. The summed E-state index contributed by atoms with van der Waals surface area (Å²) < 4.78 is 32.8. The molecule has 0 bridgehead atoms. The van der Waals surface area contributed by atoms with Crippen molar-refractivity contribution >= 4 is 29.8 Å². The van der Waals surface area contributed by atoms with Gasteiger partial charge in [0.25, 0.3) is 0 Å². The summed E-state index contributed by atoms with van der Waals surface area (Å²) >= 11 is 0. The van der Waals surface area contributed by atoms with Crippen molar-refractivity contribution in [2.24, 2.45) is 0 Å². The number of ether oxygens (including phenoxy) is 6. The van der Waals surface area contributed by atoms with Crippen molar-refractivity contribution in [1.29, 1.82) is 0 Å². The Kier molecular flexibility index (Phi) is 29.6. The summed E-state index contributed by atoms with van der Waals surface area (Å²) in [6.45, 7) is 6.41.